The molecule has 0 N–H and O–H groups in total. The number of aryl methyl sites for hydroxylation is 2. The molecular weight excluding hydrogens is 232 g/mol. The molecule has 18 heavy (non-hydrogen) atoms. The molecule has 0 atom stereocenters. The highest BCUT2D eigenvalue weighted by Gasteiger charge is 2.42. The molecule has 1 heteroatoms. The van der Waals surface area contributed by atoms with Crippen LogP contribution >= 0.6 is 0 Å². The molecule has 0 aromatic heterocycles. The van der Waals surface area contributed by atoms with E-state index in [0.29, 0.717) is 0 Å². The lowest BCUT2D eigenvalue weighted by Gasteiger charge is -2.41. The van der Waals surface area contributed by atoms with Gasteiger partial charge in [-0.1, -0.05) is 76.5 Å². The van der Waals surface area contributed by atoms with Crippen LogP contribution in [0.4, 0.5) is 0 Å². The third-order valence-corrected chi connectivity index (χ3v) is 9.71. The number of rotatable bonds is 2. The Morgan fingerprint density at radius 3 is 1.33 bits per heavy atom. The van der Waals surface area contributed by atoms with Crippen molar-refractivity contribution in [2.24, 2.45) is 0 Å². The average Bonchev–Trinajstić information content (AvgIpc) is 2.32. The number of hydrogen-bond acceptors (Lipinski definition) is 0. The minimum atomic E-state index is -1.34. The maximum Gasteiger partial charge on any atom is 0.118 e. The first-order valence-corrected chi connectivity index (χ1v) is 9.26. The largest absolute Gasteiger partial charge is 0.118 e. The Morgan fingerprint density at radius 2 is 1.06 bits per heavy atom. The van der Waals surface area contributed by atoms with Crippen LogP contribution in [0, 0.1) is 13.8 Å². The Kier molecular flexibility index (Phi) is 2.87. The summed E-state index contributed by atoms with van der Waals surface area (Å²) in [6.07, 6.45) is 1.41. The Bertz CT molecular complexity index is 485. The van der Waals surface area contributed by atoms with Gasteiger partial charge in [-0.25, -0.2) is 0 Å². The molecule has 0 aliphatic carbocycles. The lowest BCUT2D eigenvalue weighted by atomic mass is 10.2. The Hall–Kier alpha value is -1.34. The van der Waals surface area contributed by atoms with Crippen molar-refractivity contribution in [3.05, 3.63) is 59.7 Å². The zero-order valence-corrected chi connectivity index (χ0v) is 12.2. The van der Waals surface area contributed by atoms with Crippen LogP contribution in [0.15, 0.2) is 48.5 Å². The minimum Gasteiger partial charge on any atom is -0.0623 e. The standard InChI is InChI=1S/C17H20Si/c1-14-4-8-16(9-5-14)18(12-3-13-18)17-10-6-15(2)7-11-17/h4-11H,3,12-13H2,1-2H3. The first kappa shape index (κ1) is 11.7. The molecule has 0 radical (unpaired) electrons. The van der Waals surface area contributed by atoms with Crippen molar-refractivity contribution in [1.29, 1.82) is 0 Å². The summed E-state index contributed by atoms with van der Waals surface area (Å²) in [5.41, 5.74) is 2.73. The van der Waals surface area contributed by atoms with Gasteiger partial charge in [-0.15, -0.1) is 0 Å². The first-order chi connectivity index (χ1) is 8.71. The molecule has 3 rings (SSSR count). The molecule has 1 fully saturated rings. The third kappa shape index (κ3) is 1.83. The van der Waals surface area contributed by atoms with Crippen LogP contribution in [0.2, 0.25) is 12.1 Å². The highest BCUT2D eigenvalue weighted by molar-refractivity contribution is 7.04. The Labute approximate surface area is 111 Å². The molecular formula is C17H20Si. The second-order valence-corrected chi connectivity index (χ2v) is 9.99. The van der Waals surface area contributed by atoms with Crippen molar-refractivity contribution in [3.8, 4) is 0 Å². The molecule has 0 nitrogen and oxygen atoms in total. The van der Waals surface area contributed by atoms with Gasteiger partial charge in [0.15, 0.2) is 0 Å². The van der Waals surface area contributed by atoms with Crippen LogP contribution in [0.25, 0.3) is 0 Å². The van der Waals surface area contributed by atoms with Crippen molar-refractivity contribution in [2.45, 2.75) is 32.4 Å². The van der Waals surface area contributed by atoms with Gasteiger partial charge >= 0.3 is 0 Å². The molecule has 0 amide bonds. The smallest absolute Gasteiger partial charge is 0.0623 e. The van der Waals surface area contributed by atoms with Gasteiger partial charge in [0.1, 0.15) is 8.07 Å². The van der Waals surface area contributed by atoms with Crippen molar-refractivity contribution in [1.82, 2.24) is 0 Å². The summed E-state index contributed by atoms with van der Waals surface area (Å²) in [5, 5.41) is 3.26. The Balaban J connectivity index is 2.04. The van der Waals surface area contributed by atoms with E-state index in [1.165, 1.54) is 29.6 Å². The Morgan fingerprint density at radius 1 is 0.667 bits per heavy atom. The number of hydrogen-bond donors (Lipinski definition) is 0. The van der Waals surface area contributed by atoms with Crippen LogP contribution in [0.5, 0.6) is 0 Å². The summed E-state index contributed by atoms with van der Waals surface area (Å²) in [5.74, 6) is 0. The lowest BCUT2D eigenvalue weighted by Crippen LogP contribution is -2.62. The second-order valence-electron chi connectivity index (χ2n) is 5.67. The molecule has 92 valence electrons. The van der Waals surface area contributed by atoms with Crippen LogP contribution in [-0.2, 0) is 0 Å². The zero-order chi connectivity index (χ0) is 12.6. The summed E-state index contributed by atoms with van der Waals surface area (Å²) in [6, 6.07) is 21.5. The molecule has 0 saturated carbocycles. The fourth-order valence-electron chi connectivity index (χ4n) is 3.02. The molecule has 2 aromatic carbocycles. The molecule has 1 aliphatic heterocycles. The average molecular weight is 252 g/mol. The monoisotopic (exact) mass is 252 g/mol. The van der Waals surface area contributed by atoms with Crippen molar-refractivity contribution >= 4 is 18.4 Å². The molecule has 0 unspecified atom stereocenters. The van der Waals surface area contributed by atoms with Crippen LogP contribution in [0.1, 0.15) is 17.5 Å². The van der Waals surface area contributed by atoms with Crippen molar-refractivity contribution < 1.29 is 0 Å². The lowest BCUT2D eigenvalue weighted by molar-refractivity contribution is 0.927. The van der Waals surface area contributed by atoms with Gasteiger partial charge in [-0.3, -0.25) is 0 Å². The molecule has 0 bridgehead atoms. The van der Waals surface area contributed by atoms with Crippen LogP contribution < -0.4 is 10.4 Å². The van der Waals surface area contributed by atoms with E-state index in [2.05, 4.69) is 62.4 Å². The fourth-order valence-corrected chi connectivity index (χ4v) is 7.18. The zero-order valence-electron chi connectivity index (χ0n) is 11.2. The second kappa shape index (κ2) is 4.40. The summed E-state index contributed by atoms with van der Waals surface area (Å²) < 4.78 is 0. The topological polar surface area (TPSA) is 0 Å². The van der Waals surface area contributed by atoms with Crippen LogP contribution in [-0.4, -0.2) is 8.07 Å². The number of benzene rings is 2. The summed E-state index contributed by atoms with van der Waals surface area (Å²) in [7, 11) is -1.34. The van der Waals surface area contributed by atoms with E-state index >= 15 is 0 Å². The SMILES string of the molecule is Cc1ccc([Si]2(c3ccc(C)cc3)CCC2)cc1. The van der Waals surface area contributed by atoms with Crippen molar-refractivity contribution in [2.75, 3.05) is 0 Å². The van der Waals surface area contributed by atoms with E-state index in [-0.39, 0.29) is 0 Å². The fraction of sp³-hybridized carbons (Fsp3) is 0.294. The highest BCUT2D eigenvalue weighted by atomic mass is 28.3. The molecule has 2 aromatic rings. The minimum absolute atomic E-state index is 1.34. The predicted molar refractivity (Wildman–Crippen MR) is 81.6 cm³/mol. The van der Waals surface area contributed by atoms with Gasteiger partial charge in [0.2, 0.25) is 0 Å². The predicted octanol–water partition coefficient (Wildman–Crippen LogP) is 3.27. The van der Waals surface area contributed by atoms with Gasteiger partial charge in [0.25, 0.3) is 0 Å². The normalized spacial score (nSPS) is 17.2. The van der Waals surface area contributed by atoms with Crippen LogP contribution in [0.3, 0.4) is 0 Å². The van der Waals surface area contributed by atoms with E-state index in [9.17, 15) is 0 Å². The summed E-state index contributed by atoms with van der Waals surface area (Å²) in [6.45, 7) is 4.34. The van der Waals surface area contributed by atoms with Gasteiger partial charge in [-0.2, -0.15) is 0 Å². The highest BCUT2D eigenvalue weighted by Crippen LogP contribution is 2.31. The molecule has 1 saturated heterocycles. The van der Waals surface area contributed by atoms with E-state index < -0.39 is 8.07 Å². The maximum absolute atomic E-state index is 2.38. The van der Waals surface area contributed by atoms with Gasteiger partial charge in [0.05, 0.1) is 0 Å². The summed E-state index contributed by atoms with van der Waals surface area (Å²) in [4.78, 5) is 0. The van der Waals surface area contributed by atoms with E-state index in [1.54, 1.807) is 10.4 Å². The molecule has 0 spiro atoms. The van der Waals surface area contributed by atoms with Gasteiger partial charge in [-0.05, 0) is 25.9 Å². The van der Waals surface area contributed by atoms with Gasteiger partial charge in [0, 0.05) is 0 Å². The molecule has 1 heterocycles. The van der Waals surface area contributed by atoms with E-state index in [1.807, 2.05) is 0 Å². The summed E-state index contributed by atoms with van der Waals surface area (Å²) >= 11 is 0. The van der Waals surface area contributed by atoms with E-state index in [4.69, 9.17) is 0 Å². The van der Waals surface area contributed by atoms with Gasteiger partial charge < -0.3 is 0 Å². The molecule has 1 aliphatic rings. The maximum atomic E-state index is 2.38. The first-order valence-electron chi connectivity index (χ1n) is 6.85. The third-order valence-electron chi connectivity index (χ3n) is 4.42. The van der Waals surface area contributed by atoms with E-state index in [0.717, 1.165) is 0 Å². The quantitative estimate of drug-likeness (QED) is 0.720. The van der Waals surface area contributed by atoms with Crippen molar-refractivity contribution in [3.63, 3.8) is 0 Å².